The molecule has 2 aromatic rings. The molecule has 2 rings (SSSR count). The van der Waals surface area contributed by atoms with Gasteiger partial charge in [-0.15, -0.1) is 0 Å². The van der Waals surface area contributed by atoms with E-state index in [0.717, 1.165) is 15.8 Å². The molecule has 2 N–H and O–H groups in total. The predicted octanol–water partition coefficient (Wildman–Crippen LogP) is 4.43. The third-order valence-corrected chi connectivity index (χ3v) is 3.60. The number of anilines is 1. The van der Waals surface area contributed by atoms with Crippen molar-refractivity contribution in [3.05, 3.63) is 57.5 Å². The lowest BCUT2D eigenvalue weighted by atomic mass is 10.2. The molecule has 0 spiro atoms. The summed E-state index contributed by atoms with van der Waals surface area (Å²) >= 11 is 9.35. The minimum atomic E-state index is -0.310. The smallest absolute Gasteiger partial charge is 0.319 e. The van der Waals surface area contributed by atoms with Gasteiger partial charge in [-0.3, -0.25) is 0 Å². The number of carbonyl (C=O) groups excluding carboxylic acids is 1. The van der Waals surface area contributed by atoms with Gasteiger partial charge in [0.15, 0.2) is 0 Å². The Bertz CT molecular complexity index is 632. The summed E-state index contributed by atoms with van der Waals surface area (Å²) in [6.07, 6.45) is 0. The van der Waals surface area contributed by atoms with Crippen molar-refractivity contribution in [2.75, 3.05) is 12.4 Å². The first-order valence-corrected chi connectivity index (χ1v) is 7.38. The van der Waals surface area contributed by atoms with E-state index in [2.05, 4.69) is 26.6 Å². The van der Waals surface area contributed by atoms with Gasteiger partial charge in [0.2, 0.25) is 0 Å². The molecule has 0 saturated heterocycles. The van der Waals surface area contributed by atoms with Crippen LogP contribution in [0, 0.1) is 0 Å². The SMILES string of the molecule is COc1ccc(CNC(=O)Nc2ccc(Br)cc2Cl)cc1. The van der Waals surface area contributed by atoms with Crippen LogP contribution in [0.2, 0.25) is 5.02 Å². The highest BCUT2D eigenvalue weighted by molar-refractivity contribution is 9.10. The maximum atomic E-state index is 11.8. The summed E-state index contributed by atoms with van der Waals surface area (Å²) in [6, 6.07) is 12.4. The second-order valence-corrected chi connectivity index (χ2v) is 5.60. The third-order valence-electron chi connectivity index (χ3n) is 2.79. The maximum Gasteiger partial charge on any atom is 0.319 e. The number of hydrogen-bond donors (Lipinski definition) is 2. The van der Waals surface area contributed by atoms with Crippen molar-refractivity contribution in [2.45, 2.75) is 6.54 Å². The second kappa shape index (κ2) is 7.33. The van der Waals surface area contributed by atoms with Crippen molar-refractivity contribution in [3.63, 3.8) is 0 Å². The lowest BCUT2D eigenvalue weighted by Crippen LogP contribution is -2.28. The first-order chi connectivity index (χ1) is 10.1. The Labute approximate surface area is 136 Å². The van der Waals surface area contributed by atoms with Gasteiger partial charge >= 0.3 is 6.03 Å². The zero-order valence-corrected chi connectivity index (χ0v) is 13.7. The van der Waals surface area contributed by atoms with Crippen LogP contribution in [0.15, 0.2) is 46.9 Å². The molecular weight excluding hydrogens is 356 g/mol. The topological polar surface area (TPSA) is 50.4 Å². The van der Waals surface area contributed by atoms with Crippen LogP contribution in [0.3, 0.4) is 0 Å². The molecular formula is C15H14BrClN2O2. The molecule has 0 bridgehead atoms. The average Bonchev–Trinajstić information content (AvgIpc) is 2.48. The van der Waals surface area contributed by atoms with Gasteiger partial charge in [-0.05, 0) is 35.9 Å². The number of urea groups is 1. The van der Waals surface area contributed by atoms with Gasteiger partial charge in [0.05, 0.1) is 17.8 Å². The van der Waals surface area contributed by atoms with E-state index in [9.17, 15) is 4.79 Å². The number of halogens is 2. The summed E-state index contributed by atoms with van der Waals surface area (Å²) in [6.45, 7) is 0.421. The molecule has 2 aromatic carbocycles. The van der Waals surface area contributed by atoms with Gasteiger partial charge in [0, 0.05) is 11.0 Å². The number of ether oxygens (including phenoxy) is 1. The van der Waals surface area contributed by atoms with Gasteiger partial charge in [-0.2, -0.15) is 0 Å². The zero-order chi connectivity index (χ0) is 15.2. The summed E-state index contributed by atoms with van der Waals surface area (Å²) in [5, 5.41) is 5.94. The molecule has 6 heteroatoms. The standard InChI is InChI=1S/C15H14BrClN2O2/c1-21-12-5-2-10(3-6-12)9-18-15(20)19-14-7-4-11(16)8-13(14)17/h2-8H,9H2,1H3,(H2,18,19,20). The van der Waals surface area contributed by atoms with Crippen molar-refractivity contribution in [1.29, 1.82) is 0 Å². The van der Waals surface area contributed by atoms with Gasteiger partial charge in [0.25, 0.3) is 0 Å². The first-order valence-electron chi connectivity index (χ1n) is 6.21. The summed E-state index contributed by atoms with van der Waals surface area (Å²) in [5.41, 5.74) is 1.54. The van der Waals surface area contributed by atoms with E-state index in [1.807, 2.05) is 30.3 Å². The number of nitrogens with one attached hydrogen (secondary N) is 2. The summed E-state index contributed by atoms with van der Waals surface area (Å²) in [4.78, 5) is 11.8. The van der Waals surface area contributed by atoms with E-state index in [4.69, 9.17) is 16.3 Å². The first kappa shape index (κ1) is 15.7. The fraction of sp³-hybridized carbons (Fsp3) is 0.133. The quantitative estimate of drug-likeness (QED) is 0.837. The number of rotatable bonds is 4. The Morgan fingerprint density at radius 2 is 1.95 bits per heavy atom. The molecule has 0 fully saturated rings. The normalized spacial score (nSPS) is 10.0. The minimum absolute atomic E-state index is 0.310. The lowest BCUT2D eigenvalue weighted by molar-refractivity contribution is 0.251. The molecule has 0 saturated carbocycles. The Morgan fingerprint density at radius 1 is 1.24 bits per heavy atom. The minimum Gasteiger partial charge on any atom is -0.497 e. The van der Waals surface area contributed by atoms with Crippen molar-refractivity contribution in [2.24, 2.45) is 0 Å². The second-order valence-electron chi connectivity index (χ2n) is 4.28. The van der Waals surface area contributed by atoms with Crippen LogP contribution < -0.4 is 15.4 Å². The van der Waals surface area contributed by atoms with E-state index >= 15 is 0 Å². The highest BCUT2D eigenvalue weighted by Crippen LogP contribution is 2.25. The van der Waals surface area contributed by atoms with Crippen LogP contribution in [0.5, 0.6) is 5.75 Å². The fourth-order valence-electron chi connectivity index (χ4n) is 1.68. The molecule has 0 heterocycles. The van der Waals surface area contributed by atoms with Crippen molar-refractivity contribution in [3.8, 4) is 5.75 Å². The van der Waals surface area contributed by atoms with E-state index in [1.165, 1.54) is 0 Å². The summed E-state index contributed by atoms with van der Waals surface area (Å²) < 4.78 is 5.94. The zero-order valence-electron chi connectivity index (χ0n) is 11.3. The monoisotopic (exact) mass is 368 g/mol. The highest BCUT2D eigenvalue weighted by atomic mass is 79.9. The van der Waals surface area contributed by atoms with Gasteiger partial charge in [-0.1, -0.05) is 39.7 Å². The van der Waals surface area contributed by atoms with Crippen LogP contribution in [-0.4, -0.2) is 13.1 Å². The van der Waals surface area contributed by atoms with Crippen LogP contribution in [0.1, 0.15) is 5.56 Å². The van der Waals surface area contributed by atoms with Crippen molar-refractivity contribution >= 4 is 39.2 Å². The Morgan fingerprint density at radius 3 is 2.57 bits per heavy atom. The van der Waals surface area contributed by atoms with Gasteiger partial charge in [0.1, 0.15) is 5.75 Å². The molecule has 0 atom stereocenters. The Hall–Kier alpha value is -1.72. The van der Waals surface area contributed by atoms with Crippen LogP contribution >= 0.6 is 27.5 Å². The molecule has 0 radical (unpaired) electrons. The average molecular weight is 370 g/mol. The van der Waals surface area contributed by atoms with E-state index in [-0.39, 0.29) is 6.03 Å². The van der Waals surface area contributed by atoms with E-state index in [0.29, 0.717) is 17.3 Å². The number of hydrogen-bond acceptors (Lipinski definition) is 2. The summed E-state index contributed by atoms with van der Waals surface area (Å²) in [7, 11) is 1.61. The van der Waals surface area contributed by atoms with Crippen molar-refractivity contribution in [1.82, 2.24) is 5.32 Å². The number of methoxy groups -OCH3 is 1. The largest absolute Gasteiger partial charge is 0.497 e. The fourth-order valence-corrected chi connectivity index (χ4v) is 2.40. The van der Waals surface area contributed by atoms with Crippen LogP contribution in [-0.2, 0) is 6.54 Å². The molecule has 0 aromatic heterocycles. The lowest BCUT2D eigenvalue weighted by Gasteiger charge is -2.09. The number of amides is 2. The Balaban J connectivity index is 1.89. The molecule has 110 valence electrons. The maximum absolute atomic E-state index is 11.8. The highest BCUT2D eigenvalue weighted by Gasteiger charge is 2.06. The predicted molar refractivity (Wildman–Crippen MR) is 88.0 cm³/mol. The number of benzene rings is 2. The molecule has 0 aliphatic heterocycles. The van der Waals surface area contributed by atoms with Crippen LogP contribution in [0.25, 0.3) is 0 Å². The van der Waals surface area contributed by atoms with E-state index in [1.54, 1.807) is 19.2 Å². The molecule has 0 unspecified atom stereocenters. The molecule has 2 amide bonds. The van der Waals surface area contributed by atoms with Crippen molar-refractivity contribution < 1.29 is 9.53 Å². The molecule has 21 heavy (non-hydrogen) atoms. The summed E-state index contributed by atoms with van der Waals surface area (Å²) in [5.74, 6) is 0.782. The third kappa shape index (κ3) is 4.65. The molecule has 4 nitrogen and oxygen atoms in total. The van der Waals surface area contributed by atoms with Crippen LogP contribution in [0.4, 0.5) is 10.5 Å². The van der Waals surface area contributed by atoms with Gasteiger partial charge in [-0.25, -0.2) is 4.79 Å². The van der Waals surface area contributed by atoms with Gasteiger partial charge < -0.3 is 15.4 Å². The Kier molecular flexibility index (Phi) is 5.47. The number of carbonyl (C=O) groups is 1. The molecule has 0 aliphatic rings. The molecule has 0 aliphatic carbocycles. The van der Waals surface area contributed by atoms with E-state index < -0.39 is 0 Å².